The van der Waals surface area contributed by atoms with E-state index in [0.29, 0.717) is 5.41 Å². The van der Waals surface area contributed by atoms with Gasteiger partial charge in [-0.1, -0.05) is 38.1 Å². The van der Waals surface area contributed by atoms with E-state index in [1.165, 1.54) is 40.4 Å². The van der Waals surface area contributed by atoms with E-state index in [-0.39, 0.29) is 0 Å². The van der Waals surface area contributed by atoms with Gasteiger partial charge in [-0.05, 0) is 71.2 Å². The molecule has 6 rings (SSSR count). The van der Waals surface area contributed by atoms with E-state index in [9.17, 15) is 0 Å². The van der Waals surface area contributed by atoms with Crippen molar-refractivity contribution in [2.24, 2.45) is 18.4 Å². The minimum absolute atomic E-state index is 0.473. The van der Waals surface area contributed by atoms with Gasteiger partial charge in [0.1, 0.15) is 7.05 Å². The summed E-state index contributed by atoms with van der Waals surface area (Å²) in [6.07, 6.45) is 4.85. The zero-order valence-electron chi connectivity index (χ0n) is 15.6. The monoisotopic (exact) mass is 328 g/mol. The van der Waals surface area contributed by atoms with Gasteiger partial charge >= 0.3 is 0 Å². The molecule has 0 spiro atoms. The summed E-state index contributed by atoms with van der Waals surface area (Å²) in [5.74, 6) is 1.61. The molecular weight excluding hydrogens is 302 g/mol. The zero-order valence-corrected chi connectivity index (χ0v) is 15.6. The maximum absolute atomic E-state index is 2.52. The second-order valence-corrected chi connectivity index (χ2v) is 8.74. The molecule has 1 aromatic heterocycles. The van der Waals surface area contributed by atoms with E-state index in [1.807, 2.05) is 0 Å². The molecule has 126 valence electrons. The number of hydrogen-bond donors (Lipinski definition) is 0. The number of pyridine rings is 1. The number of nitrogens with zero attached hydrogens (tertiary/aromatic N) is 1. The summed E-state index contributed by atoms with van der Waals surface area (Å²) in [6, 6.07) is 16.0. The van der Waals surface area contributed by atoms with Crippen molar-refractivity contribution in [1.29, 1.82) is 0 Å². The minimum atomic E-state index is 0.473. The van der Waals surface area contributed by atoms with Crippen LogP contribution in [0.4, 0.5) is 0 Å². The molecule has 0 amide bonds. The normalized spacial score (nSPS) is 23.2. The molecule has 0 N–H and O–H groups in total. The van der Waals surface area contributed by atoms with Crippen LogP contribution < -0.4 is 4.57 Å². The van der Waals surface area contributed by atoms with Crippen molar-refractivity contribution in [2.45, 2.75) is 39.5 Å². The lowest BCUT2D eigenvalue weighted by molar-refractivity contribution is -0.659. The van der Waals surface area contributed by atoms with Gasteiger partial charge in [-0.3, -0.25) is 0 Å². The highest BCUT2D eigenvalue weighted by atomic mass is 14.9. The number of aromatic nitrogens is 1. The zero-order chi connectivity index (χ0) is 17.3. The third-order valence-corrected chi connectivity index (χ3v) is 7.11. The van der Waals surface area contributed by atoms with Crippen molar-refractivity contribution in [3.8, 4) is 11.3 Å². The maximum Gasteiger partial charge on any atom is 0.220 e. The Balaban J connectivity index is 1.81. The van der Waals surface area contributed by atoms with Crippen molar-refractivity contribution < 1.29 is 4.57 Å². The molecule has 1 fully saturated rings. The fraction of sp³-hybridized carbons (Fsp3) is 0.375. The van der Waals surface area contributed by atoms with Gasteiger partial charge in [-0.25, -0.2) is 4.57 Å². The third-order valence-electron chi connectivity index (χ3n) is 7.11. The van der Waals surface area contributed by atoms with Crippen molar-refractivity contribution in [2.75, 3.05) is 0 Å². The Morgan fingerprint density at radius 1 is 1.08 bits per heavy atom. The lowest BCUT2D eigenvalue weighted by Crippen LogP contribution is -2.48. The lowest BCUT2D eigenvalue weighted by atomic mass is 9.47. The predicted molar refractivity (Wildman–Crippen MR) is 104 cm³/mol. The molecule has 2 aromatic carbocycles. The second-order valence-electron chi connectivity index (χ2n) is 8.74. The molecule has 1 heterocycles. The Morgan fingerprint density at radius 2 is 1.88 bits per heavy atom. The van der Waals surface area contributed by atoms with Gasteiger partial charge in [-0.2, -0.15) is 0 Å². The van der Waals surface area contributed by atoms with Gasteiger partial charge in [0.2, 0.25) is 5.69 Å². The van der Waals surface area contributed by atoms with Crippen LogP contribution in [0.2, 0.25) is 0 Å². The summed E-state index contributed by atoms with van der Waals surface area (Å²) < 4.78 is 2.29. The summed E-state index contributed by atoms with van der Waals surface area (Å²) in [4.78, 5) is 0. The number of aryl methyl sites for hydroxylation is 2. The molecule has 3 aliphatic rings. The van der Waals surface area contributed by atoms with Gasteiger partial charge in [0.15, 0.2) is 6.20 Å². The van der Waals surface area contributed by atoms with Crippen molar-refractivity contribution in [1.82, 2.24) is 0 Å². The Hall–Kier alpha value is -2.15. The fourth-order valence-corrected chi connectivity index (χ4v) is 5.31. The van der Waals surface area contributed by atoms with Crippen LogP contribution in [0.5, 0.6) is 0 Å². The van der Waals surface area contributed by atoms with E-state index < -0.39 is 0 Å². The smallest absolute Gasteiger partial charge is 0.200 e. The molecule has 3 aromatic rings. The number of rotatable bonds is 1. The highest BCUT2D eigenvalue weighted by Gasteiger charge is 2.52. The van der Waals surface area contributed by atoms with Crippen LogP contribution in [0.15, 0.2) is 48.7 Å². The van der Waals surface area contributed by atoms with Crippen LogP contribution in [-0.4, -0.2) is 0 Å². The topological polar surface area (TPSA) is 3.88 Å². The van der Waals surface area contributed by atoms with Gasteiger partial charge in [0.05, 0.1) is 5.39 Å². The SMILES string of the molecule is Cc1ccccc1-c1c2cc3c(cc2cc[n+]1C)CC1CC3C1(C)C. The largest absolute Gasteiger partial charge is 0.220 e. The first-order chi connectivity index (χ1) is 12.0. The van der Waals surface area contributed by atoms with Crippen LogP contribution >= 0.6 is 0 Å². The fourth-order valence-electron chi connectivity index (χ4n) is 5.31. The maximum atomic E-state index is 2.52. The third kappa shape index (κ3) is 1.99. The van der Waals surface area contributed by atoms with Gasteiger partial charge in [0, 0.05) is 11.6 Å². The lowest BCUT2D eigenvalue weighted by Gasteiger charge is -2.57. The Bertz CT molecular complexity index is 1010. The first-order valence-electron chi connectivity index (χ1n) is 9.48. The first-order valence-corrected chi connectivity index (χ1v) is 9.48. The van der Waals surface area contributed by atoms with E-state index in [4.69, 9.17) is 0 Å². The van der Waals surface area contributed by atoms with Crippen LogP contribution in [-0.2, 0) is 13.5 Å². The summed E-state index contributed by atoms with van der Waals surface area (Å²) in [6.45, 7) is 7.14. The molecule has 3 aliphatic carbocycles. The standard InChI is InChI=1S/C24H26N/c1-15-7-5-6-8-19(15)23-21-14-20-17(11-16(21)9-10-25(23)4)12-18-13-22(20)24(18,2)3/h5-11,14,18,22H,12-13H2,1-4H3/q+1. The Kier molecular flexibility index (Phi) is 2.99. The van der Waals surface area contributed by atoms with Gasteiger partial charge in [0.25, 0.3) is 0 Å². The molecule has 0 radical (unpaired) electrons. The summed E-state index contributed by atoms with van der Waals surface area (Å²) in [5, 5.41) is 2.79. The quantitative estimate of drug-likeness (QED) is 0.532. The van der Waals surface area contributed by atoms with Crippen molar-refractivity contribution in [3.05, 3.63) is 65.4 Å². The van der Waals surface area contributed by atoms with E-state index >= 15 is 0 Å². The molecule has 1 heteroatoms. The minimum Gasteiger partial charge on any atom is -0.200 e. The molecule has 25 heavy (non-hydrogen) atoms. The number of fused-ring (bicyclic) bond motifs is 1. The number of hydrogen-bond acceptors (Lipinski definition) is 0. The highest BCUT2D eigenvalue weighted by Crippen LogP contribution is 2.62. The molecule has 2 unspecified atom stereocenters. The molecular formula is C24H26N+. The molecule has 1 saturated carbocycles. The van der Waals surface area contributed by atoms with Crippen LogP contribution in [0.3, 0.4) is 0 Å². The van der Waals surface area contributed by atoms with Crippen molar-refractivity contribution >= 4 is 10.8 Å². The predicted octanol–water partition coefficient (Wildman–Crippen LogP) is 5.33. The molecule has 0 aliphatic heterocycles. The number of benzene rings is 2. The highest BCUT2D eigenvalue weighted by molar-refractivity contribution is 5.94. The van der Waals surface area contributed by atoms with E-state index in [2.05, 4.69) is 81.0 Å². The summed E-state index contributed by atoms with van der Waals surface area (Å²) in [7, 11) is 2.17. The van der Waals surface area contributed by atoms with Crippen molar-refractivity contribution in [3.63, 3.8) is 0 Å². The second kappa shape index (κ2) is 4.94. The molecule has 1 nitrogen and oxygen atoms in total. The average molecular weight is 328 g/mol. The van der Waals surface area contributed by atoms with Crippen LogP contribution in [0.1, 0.15) is 42.9 Å². The Morgan fingerprint density at radius 3 is 2.64 bits per heavy atom. The van der Waals surface area contributed by atoms with Gasteiger partial charge < -0.3 is 0 Å². The molecule has 2 atom stereocenters. The Labute approximate surface area is 150 Å². The molecule has 0 saturated heterocycles. The molecule has 2 bridgehead atoms. The summed E-state index contributed by atoms with van der Waals surface area (Å²) >= 11 is 0. The first kappa shape index (κ1) is 15.1. The summed E-state index contributed by atoms with van der Waals surface area (Å²) in [5.41, 5.74) is 7.71. The van der Waals surface area contributed by atoms with E-state index in [1.54, 1.807) is 11.1 Å². The van der Waals surface area contributed by atoms with Gasteiger partial charge in [-0.15, -0.1) is 0 Å². The van der Waals surface area contributed by atoms with Crippen LogP contribution in [0, 0.1) is 18.3 Å². The average Bonchev–Trinajstić information content (AvgIpc) is 2.60. The van der Waals surface area contributed by atoms with Crippen LogP contribution in [0.25, 0.3) is 22.0 Å². The van der Waals surface area contributed by atoms with E-state index in [0.717, 1.165) is 11.8 Å².